The molecule has 1 aromatic heterocycles. The first-order valence-electron chi connectivity index (χ1n) is 9.71. The van der Waals surface area contributed by atoms with Crippen LogP contribution in [0.15, 0.2) is 24.3 Å². The Morgan fingerprint density at radius 1 is 1.31 bits per heavy atom. The van der Waals surface area contributed by atoms with Crippen LogP contribution in [0.25, 0.3) is 11.0 Å². The van der Waals surface area contributed by atoms with Gasteiger partial charge in [0, 0.05) is 39.2 Å². The lowest BCUT2D eigenvalue weighted by Gasteiger charge is -2.32. The molecule has 1 aromatic carbocycles. The van der Waals surface area contributed by atoms with Gasteiger partial charge in [0.25, 0.3) is 0 Å². The Morgan fingerprint density at radius 2 is 2.08 bits per heavy atom. The van der Waals surface area contributed by atoms with E-state index in [4.69, 9.17) is 9.72 Å². The largest absolute Gasteiger partial charge is 0.383 e. The van der Waals surface area contributed by atoms with Crippen LogP contribution in [-0.2, 0) is 16.1 Å². The number of para-hydroxylation sites is 2. The zero-order chi connectivity index (χ0) is 18.4. The number of nitrogens with zero attached hydrogens (tertiary/aromatic N) is 3. The van der Waals surface area contributed by atoms with Gasteiger partial charge in [-0.2, -0.15) is 0 Å². The summed E-state index contributed by atoms with van der Waals surface area (Å²) in [5.41, 5.74) is 2.26. The van der Waals surface area contributed by atoms with Gasteiger partial charge in [0.05, 0.1) is 17.6 Å². The van der Waals surface area contributed by atoms with E-state index in [2.05, 4.69) is 39.9 Å². The maximum atomic E-state index is 12.3. The van der Waals surface area contributed by atoms with Gasteiger partial charge >= 0.3 is 0 Å². The van der Waals surface area contributed by atoms with Crippen LogP contribution >= 0.6 is 0 Å². The van der Waals surface area contributed by atoms with Gasteiger partial charge in [0.1, 0.15) is 0 Å². The van der Waals surface area contributed by atoms with E-state index in [9.17, 15) is 4.79 Å². The Bertz CT molecular complexity index is 720. The van der Waals surface area contributed by atoms with Crippen LogP contribution in [0.2, 0.25) is 0 Å². The van der Waals surface area contributed by atoms with Gasteiger partial charge in [0.15, 0.2) is 0 Å². The van der Waals surface area contributed by atoms with Crippen molar-refractivity contribution in [2.45, 2.75) is 39.2 Å². The molecule has 1 fully saturated rings. The van der Waals surface area contributed by atoms with E-state index in [1.807, 2.05) is 6.07 Å². The van der Waals surface area contributed by atoms with Crippen molar-refractivity contribution in [2.75, 3.05) is 38.3 Å². The lowest BCUT2D eigenvalue weighted by molar-refractivity contribution is -0.125. The number of piperidine rings is 1. The topological polar surface area (TPSA) is 59.4 Å². The maximum Gasteiger partial charge on any atom is 0.223 e. The molecule has 6 heteroatoms. The minimum absolute atomic E-state index is 0.0941. The van der Waals surface area contributed by atoms with Gasteiger partial charge in [-0.3, -0.25) is 4.79 Å². The number of aryl methyl sites for hydroxylation is 1. The number of methoxy groups -OCH3 is 1. The smallest absolute Gasteiger partial charge is 0.223 e. The van der Waals surface area contributed by atoms with E-state index >= 15 is 0 Å². The molecule has 0 radical (unpaired) electrons. The first-order valence-corrected chi connectivity index (χ1v) is 9.71. The van der Waals surface area contributed by atoms with E-state index in [-0.39, 0.29) is 11.8 Å². The summed E-state index contributed by atoms with van der Waals surface area (Å²) in [4.78, 5) is 19.5. The summed E-state index contributed by atoms with van der Waals surface area (Å²) >= 11 is 0. The number of carbonyl (C=O) groups excluding carboxylic acids is 1. The lowest BCUT2D eigenvalue weighted by atomic mass is 9.96. The van der Waals surface area contributed by atoms with E-state index in [0.717, 1.165) is 56.8 Å². The second-order valence-corrected chi connectivity index (χ2v) is 6.95. The highest BCUT2D eigenvalue weighted by Gasteiger charge is 2.27. The minimum atomic E-state index is 0.0941. The monoisotopic (exact) mass is 358 g/mol. The van der Waals surface area contributed by atoms with Crippen LogP contribution in [0.5, 0.6) is 0 Å². The number of anilines is 1. The molecule has 2 heterocycles. The number of hydrogen-bond donors (Lipinski definition) is 1. The number of fused-ring (bicyclic) bond motifs is 1. The summed E-state index contributed by atoms with van der Waals surface area (Å²) in [6.07, 6.45) is 4.05. The number of amides is 1. The second kappa shape index (κ2) is 9.03. The molecule has 1 N–H and O–H groups in total. The minimum Gasteiger partial charge on any atom is -0.383 e. The van der Waals surface area contributed by atoms with Crippen LogP contribution in [0.1, 0.15) is 32.6 Å². The molecule has 2 aromatic rings. The number of unbranched alkanes of at least 4 members (excludes halogenated alkanes) is 1. The third-order valence-corrected chi connectivity index (χ3v) is 5.12. The Balaban J connectivity index is 1.68. The molecule has 6 nitrogen and oxygen atoms in total. The fraction of sp³-hybridized carbons (Fsp3) is 0.600. The molecule has 1 saturated heterocycles. The highest BCUT2D eigenvalue weighted by molar-refractivity contribution is 5.80. The highest BCUT2D eigenvalue weighted by atomic mass is 16.5. The Kier molecular flexibility index (Phi) is 6.50. The van der Waals surface area contributed by atoms with Crippen molar-refractivity contribution in [3.05, 3.63) is 24.3 Å². The molecular weight excluding hydrogens is 328 g/mol. The average molecular weight is 358 g/mol. The number of benzene rings is 1. The number of ether oxygens (including phenoxy) is 1. The van der Waals surface area contributed by atoms with Crippen molar-refractivity contribution in [1.29, 1.82) is 0 Å². The zero-order valence-electron chi connectivity index (χ0n) is 15.9. The third-order valence-electron chi connectivity index (χ3n) is 5.12. The van der Waals surface area contributed by atoms with Gasteiger partial charge in [-0.25, -0.2) is 4.98 Å². The van der Waals surface area contributed by atoms with Gasteiger partial charge in [-0.05, 0) is 31.4 Å². The van der Waals surface area contributed by atoms with E-state index in [1.54, 1.807) is 7.11 Å². The number of imidazole rings is 1. The summed E-state index contributed by atoms with van der Waals surface area (Å²) in [5.74, 6) is 1.30. The normalized spacial score (nSPS) is 15.5. The fourth-order valence-electron chi connectivity index (χ4n) is 3.60. The first kappa shape index (κ1) is 18.7. The predicted octanol–water partition coefficient (Wildman–Crippen LogP) is 2.82. The standard InChI is InChI=1S/C20H30N4O2/c1-3-4-12-24-18-8-6-5-7-17(18)22-20(24)23-13-9-16(10-14-23)19(25)21-11-15-26-2/h5-8,16H,3-4,9-15H2,1-2H3,(H,21,25). The van der Waals surface area contributed by atoms with Crippen LogP contribution in [0, 0.1) is 5.92 Å². The van der Waals surface area contributed by atoms with Crippen molar-refractivity contribution >= 4 is 22.9 Å². The van der Waals surface area contributed by atoms with Gasteiger partial charge in [0.2, 0.25) is 11.9 Å². The number of hydrogen-bond acceptors (Lipinski definition) is 4. The van der Waals surface area contributed by atoms with E-state index < -0.39 is 0 Å². The third kappa shape index (κ3) is 4.18. The molecule has 0 bridgehead atoms. The van der Waals surface area contributed by atoms with Crippen LogP contribution in [0.3, 0.4) is 0 Å². The van der Waals surface area contributed by atoms with Crippen molar-refractivity contribution in [2.24, 2.45) is 5.92 Å². The van der Waals surface area contributed by atoms with Crippen LogP contribution in [-0.4, -0.2) is 48.8 Å². The Labute approximate surface area is 155 Å². The molecule has 1 amide bonds. The molecule has 0 saturated carbocycles. The SMILES string of the molecule is CCCCn1c(N2CCC(C(=O)NCCOC)CC2)nc2ccccc21. The summed E-state index contributed by atoms with van der Waals surface area (Å²) < 4.78 is 7.34. The number of nitrogens with one attached hydrogen (secondary N) is 1. The lowest BCUT2D eigenvalue weighted by Crippen LogP contribution is -2.42. The molecule has 142 valence electrons. The van der Waals surface area contributed by atoms with Crippen molar-refractivity contribution in [3.63, 3.8) is 0 Å². The summed E-state index contributed by atoms with van der Waals surface area (Å²) in [6, 6.07) is 8.35. The van der Waals surface area contributed by atoms with E-state index in [0.29, 0.717) is 13.2 Å². The molecule has 0 spiro atoms. The molecule has 26 heavy (non-hydrogen) atoms. The van der Waals surface area contributed by atoms with Crippen molar-refractivity contribution in [3.8, 4) is 0 Å². The zero-order valence-corrected chi connectivity index (χ0v) is 15.9. The van der Waals surface area contributed by atoms with E-state index in [1.165, 1.54) is 5.52 Å². The predicted molar refractivity (Wildman–Crippen MR) is 104 cm³/mol. The Hall–Kier alpha value is -2.08. The Morgan fingerprint density at radius 3 is 2.81 bits per heavy atom. The molecular formula is C20H30N4O2. The molecule has 3 rings (SSSR count). The average Bonchev–Trinajstić information content (AvgIpc) is 3.05. The molecule has 1 aliphatic heterocycles. The fourth-order valence-corrected chi connectivity index (χ4v) is 3.60. The summed E-state index contributed by atoms with van der Waals surface area (Å²) in [5, 5.41) is 2.97. The molecule has 0 atom stereocenters. The quantitative estimate of drug-likeness (QED) is 0.737. The number of aromatic nitrogens is 2. The van der Waals surface area contributed by atoms with Gasteiger partial charge < -0.3 is 19.5 Å². The first-order chi connectivity index (χ1) is 12.7. The van der Waals surface area contributed by atoms with Crippen LogP contribution in [0.4, 0.5) is 5.95 Å². The molecule has 1 aliphatic rings. The van der Waals surface area contributed by atoms with Crippen LogP contribution < -0.4 is 10.2 Å². The molecule has 0 unspecified atom stereocenters. The number of rotatable bonds is 8. The highest BCUT2D eigenvalue weighted by Crippen LogP contribution is 2.27. The summed E-state index contributed by atoms with van der Waals surface area (Å²) in [7, 11) is 1.65. The van der Waals surface area contributed by atoms with Gasteiger partial charge in [-0.15, -0.1) is 0 Å². The summed E-state index contributed by atoms with van der Waals surface area (Å²) in [6.45, 7) is 6.10. The molecule has 0 aliphatic carbocycles. The van der Waals surface area contributed by atoms with Crippen molar-refractivity contribution < 1.29 is 9.53 Å². The van der Waals surface area contributed by atoms with Gasteiger partial charge in [-0.1, -0.05) is 25.5 Å². The second-order valence-electron chi connectivity index (χ2n) is 6.95. The van der Waals surface area contributed by atoms with Crippen molar-refractivity contribution in [1.82, 2.24) is 14.9 Å². The maximum absolute atomic E-state index is 12.3. The number of carbonyl (C=O) groups is 1.